The topological polar surface area (TPSA) is 41.5 Å². The number of aliphatic imine (C=N–C) groups is 1. The number of thioether (sulfide) groups is 1. The number of nitrogens with zero attached hydrogens (tertiary/aromatic N) is 1. The lowest BCUT2D eigenvalue weighted by atomic mass is 10.2. The van der Waals surface area contributed by atoms with Gasteiger partial charge in [0.25, 0.3) is 5.91 Å². The number of halogens is 2. The van der Waals surface area contributed by atoms with Crippen LogP contribution in [-0.4, -0.2) is 11.1 Å². The third-order valence-electron chi connectivity index (χ3n) is 2.87. The summed E-state index contributed by atoms with van der Waals surface area (Å²) in [7, 11) is 0. The molecule has 1 amide bonds. The zero-order chi connectivity index (χ0) is 15.5. The van der Waals surface area contributed by atoms with Crippen LogP contribution in [-0.2, 0) is 4.79 Å². The SMILES string of the molecule is O=C1NC(=Nc2ccccc2Cl)S/C1=C\c1cccc(F)c1. The van der Waals surface area contributed by atoms with Crippen LogP contribution in [0.15, 0.2) is 58.4 Å². The van der Waals surface area contributed by atoms with Gasteiger partial charge in [-0.2, -0.15) is 0 Å². The van der Waals surface area contributed by atoms with Crippen molar-refractivity contribution >= 4 is 46.2 Å². The molecule has 0 spiro atoms. The number of para-hydroxylation sites is 1. The van der Waals surface area contributed by atoms with Crippen molar-refractivity contribution in [3.05, 3.63) is 69.8 Å². The van der Waals surface area contributed by atoms with Gasteiger partial charge in [0.05, 0.1) is 15.6 Å². The van der Waals surface area contributed by atoms with Gasteiger partial charge in [0.1, 0.15) is 5.82 Å². The Balaban J connectivity index is 1.86. The van der Waals surface area contributed by atoms with Gasteiger partial charge in [-0.3, -0.25) is 4.79 Å². The number of nitrogens with one attached hydrogen (secondary N) is 1. The maximum Gasteiger partial charge on any atom is 0.264 e. The van der Waals surface area contributed by atoms with E-state index >= 15 is 0 Å². The van der Waals surface area contributed by atoms with Gasteiger partial charge >= 0.3 is 0 Å². The van der Waals surface area contributed by atoms with Crippen LogP contribution in [0.1, 0.15) is 5.56 Å². The minimum atomic E-state index is -0.345. The number of hydrogen-bond acceptors (Lipinski definition) is 3. The monoisotopic (exact) mass is 332 g/mol. The van der Waals surface area contributed by atoms with Crippen LogP contribution < -0.4 is 5.32 Å². The summed E-state index contributed by atoms with van der Waals surface area (Å²) >= 11 is 7.23. The maximum atomic E-state index is 13.2. The van der Waals surface area contributed by atoms with Crippen molar-refractivity contribution in [1.29, 1.82) is 0 Å². The fraction of sp³-hybridized carbons (Fsp3) is 0. The number of amidine groups is 1. The Labute approximate surface area is 135 Å². The molecular formula is C16H10ClFN2OS. The standard InChI is InChI=1S/C16H10ClFN2OS/c17-12-6-1-2-7-13(12)19-16-20-15(21)14(22-16)9-10-4-3-5-11(18)8-10/h1-9H,(H,19,20,21)/b14-9-. The van der Waals surface area contributed by atoms with Crippen molar-refractivity contribution in [1.82, 2.24) is 5.32 Å². The minimum Gasteiger partial charge on any atom is -0.300 e. The second-order valence-corrected chi connectivity index (χ2v) is 5.93. The fourth-order valence-electron chi connectivity index (χ4n) is 1.88. The Morgan fingerprint density at radius 1 is 1.18 bits per heavy atom. The van der Waals surface area contributed by atoms with Gasteiger partial charge in [-0.1, -0.05) is 35.9 Å². The number of rotatable bonds is 2. The van der Waals surface area contributed by atoms with E-state index in [4.69, 9.17) is 11.6 Å². The molecule has 1 N–H and O–H groups in total. The van der Waals surface area contributed by atoms with E-state index in [0.717, 1.165) is 0 Å². The molecule has 0 aromatic heterocycles. The van der Waals surface area contributed by atoms with Gasteiger partial charge in [-0.25, -0.2) is 9.38 Å². The smallest absolute Gasteiger partial charge is 0.264 e. The van der Waals surface area contributed by atoms with Crippen molar-refractivity contribution < 1.29 is 9.18 Å². The third kappa shape index (κ3) is 3.37. The Morgan fingerprint density at radius 2 is 2.00 bits per heavy atom. The van der Waals surface area contributed by atoms with Crippen molar-refractivity contribution in [2.45, 2.75) is 0 Å². The van der Waals surface area contributed by atoms with E-state index in [2.05, 4.69) is 10.3 Å². The third-order valence-corrected chi connectivity index (χ3v) is 4.10. The van der Waals surface area contributed by atoms with Crippen molar-refractivity contribution in [2.75, 3.05) is 0 Å². The second-order valence-electron chi connectivity index (χ2n) is 4.49. The lowest BCUT2D eigenvalue weighted by Gasteiger charge is -1.98. The molecule has 1 fully saturated rings. The average molecular weight is 333 g/mol. The van der Waals surface area contributed by atoms with Crippen LogP contribution in [0.2, 0.25) is 5.02 Å². The number of benzene rings is 2. The molecule has 0 unspecified atom stereocenters. The highest BCUT2D eigenvalue weighted by molar-refractivity contribution is 8.18. The van der Waals surface area contributed by atoms with Crippen molar-refractivity contribution in [2.24, 2.45) is 4.99 Å². The Bertz CT molecular complexity index is 804. The Hall–Kier alpha value is -2.11. The Kier molecular flexibility index (Phi) is 4.27. The first kappa shape index (κ1) is 14.8. The Morgan fingerprint density at radius 3 is 2.77 bits per heavy atom. The van der Waals surface area contributed by atoms with Gasteiger partial charge in [-0.15, -0.1) is 0 Å². The zero-order valence-electron chi connectivity index (χ0n) is 11.2. The molecule has 2 aromatic carbocycles. The second kappa shape index (κ2) is 6.34. The largest absolute Gasteiger partial charge is 0.300 e. The maximum absolute atomic E-state index is 13.2. The molecule has 3 nitrogen and oxygen atoms in total. The highest BCUT2D eigenvalue weighted by Crippen LogP contribution is 2.30. The predicted octanol–water partition coefficient (Wildman–Crippen LogP) is 4.37. The molecule has 0 atom stereocenters. The average Bonchev–Trinajstić information content (AvgIpc) is 2.81. The van der Waals surface area contributed by atoms with Crippen LogP contribution in [0.4, 0.5) is 10.1 Å². The van der Waals surface area contributed by atoms with Crippen LogP contribution >= 0.6 is 23.4 Å². The molecule has 6 heteroatoms. The molecule has 3 rings (SSSR count). The molecule has 0 aliphatic carbocycles. The first-order chi connectivity index (χ1) is 10.6. The molecule has 0 bridgehead atoms. The van der Waals surface area contributed by atoms with Gasteiger partial charge < -0.3 is 5.32 Å². The molecule has 0 radical (unpaired) electrons. The fourth-order valence-corrected chi connectivity index (χ4v) is 2.89. The molecule has 1 saturated heterocycles. The van der Waals surface area contributed by atoms with Gasteiger partial charge in [-0.05, 0) is 47.7 Å². The number of carbonyl (C=O) groups excluding carboxylic acids is 1. The molecule has 22 heavy (non-hydrogen) atoms. The van der Waals surface area contributed by atoms with E-state index in [0.29, 0.717) is 26.3 Å². The van der Waals surface area contributed by atoms with E-state index < -0.39 is 0 Å². The van der Waals surface area contributed by atoms with E-state index in [9.17, 15) is 9.18 Å². The summed E-state index contributed by atoms with van der Waals surface area (Å²) in [6.07, 6.45) is 1.62. The summed E-state index contributed by atoms with van der Waals surface area (Å²) in [6, 6.07) is 13.2. The molecule has 1 aliphatic rings. The molecule has 0 saturated carbocycles. The van der Waals surface area contributed by atoms with E-state index in [1.54, 1.807) is 30.3 Å². The van der Waals surface area contributed by atoms with E-state index in [1.165, 1.54) is 23.9 Å². The summed E-state index contributed by atoms with van der Waals surface area (Å²) in [5.74, 6) is -0.609. The van der Waals surface area contributed by atoms with E-state index in [1.807, 2.05) is 12.1 Å². The number of hydrogen-bond donors (Lipinski definition) is 1. The highest BCUT2D eigenvalue weighted by Gasteiger charge is 2.24. The first-order valence-electron chi connectivity index (χ1n) is 6.41. The summed E-state index contributed by atoms with van der Waals surface area (Å²) in [4.78, 5) is 16.7. The van der Waals surface area contributed by atoms with Crippen LogP contribution in [0.25, 0.3) is 6.08 Å². The lowest BCUT2D eigenvalue weighted by molar-refractivity contribution is -0.115. The highest BCUT2D eigenvalue weighted by atomic mass is 35.5. The molecule has 1 aliphatic heterocycles. The van der Waals surface area contributed by atoms with Crippen LogP contribution in [0.3, 0.4) is 0 Å². The van der Waals surface area contributed by atoms with Gasteiger partial charge in [0, 0.05) is 0 Å². The zero-order valence-corrected chi connectivity index (χ0v) is 12.8. The quantitative estimate of drug-likeness (QED) is 0.830. The lowest BCUT2D eigenvalue weighted by Crippen LogP contribution is -2.19. The van der Waals surface area contributed by atoms with Gasteiger partial charge in [0.15, 0.2) is 5.17 Å². The minimum absolute atomic E-state index is 0.264. The summed E-state index contributed by atoms with van der Waals surface area (Å²) < 4.78 is 13.2. The van der Waals surface area contributed by atoms with Crippen molar-refractivity contribution in [3.8, 4) is 0 Å². The van der Waals surface area contributed by atoms with E-state index in [-0.39, 0.29) is 11.7 Å². The van der Waals surface area contributed by atoms with Crippen LogP contribution in [0, 0.1) is 5.82 Å². The summed E-state index contributed by atoms with van der Waals surface area (Å²) in [5.41, 5.74) is 1.20. The van der Waals surface area contributed by atoms with Gasteiger partial charge in [0.2, 0.25) is 0 Å². The summed E-state index contributed by atoms with van der Waals surface area (Å²) in [6.45, 7) is 0. The molecule has 1 heterocycles. The number of carbonyl (C=O) groups is 1. The normalized spacial score (nSPS) is 18.0. The first-order valence-corrected chi connectivity index (χ1v) is 7.61. The number of amides is 1. The molecule has 2 aromatic rings. The summed E-state index contributed by atoms with van der Waals surface area (Å²) in [5, 5.41) is 3.62. The van der Waals surface area contributed by atoms with Crippen molar-refractivity contribution in [3.63, 3.8) is 0 Å². The molecule has 110 valence electrons. The van der Waals surface area contributed by atoms with Crippen LogP contribution in [0.5, 0.6) is 0 Å². The predicted molar refractivity (Wildman–Crippen MR) is 88.7 cm³/mol. The molecular weight excluding hydrogens is 323 g/mol.